The first-order valence-electron chi connectivity index (χ1n) is 5.67. The summed E-state index contributed by atoms with van der Waals surface area (Å²) in [6.07, 6.45) is 5.86. The highest BCUT2D eigenvalue weighted by atomic mass is 31.2. The average Bonchev–Trinajstić information content (AvgIpc) is 2.13. The maximum Gasteiger partial charge on any atom is 0.339 e. The Labute approximate surface area is 96.0 Å². The molecule has 16 heavy (non-hydrogen) atoms. The Morgan fingerprint density at radius 1 is 1.12 bits per heavy atom. The highest BCUT2D eigenvalue weighted by Crippen LogP contribution is 2.43. The number of rotatable bonds is 9. The minimum atomic E-state index is -4.49. The number of unbranched alkanes of at least 4 members (excludes halogenated alkanes) is 5. The molecule has 0 radical (unpaired) electrons. The monoisotopic (exact) mass is 252 g/mol. The minimum Gasteiger partial charge on any atom is -0.481 e. The van der Waals surface area contributed by atoms with Crippen molar-refractivity contribution in [1.29, 1.82) is 0 Å². The molecular formula is C10H21O5P. The molecule has 0 heterocycles. The van der Waals surface area contributed by atoms with Gasteiger partial charge in [-0.2, -0.15) is 0 Å². The molecule has 0 rings (SSSR count). The first-order valence-corrected chi connectivity index (χ1v) is 7.35. The molecule has 0 aromatic heterocycles. The van der Waals surface area contributed by atoms with E-state index in [1.165, 1.54) is 0 Å². The second-order valence-electron chi connectivity index (χ2n) is 4.00. The van der Waals surface area contributed by atoms with Gasteiger partial charge in [-0.05, 0) is 6.42 Å². The fourth-order valence-corrected chi connectivity index (χ4v) is 2.36. The molecule has 0 saturated heterocycles. The van der Waals surface area contributed by atoms with Gasteiger partial charge in [0.25, 0.3) is 0 Å². The van der Waals surface area contributed by atoms with E-state index in [1.54, 1.807) is 0 Å². The van der Waals surface area contributed by atoms with Gasteiger partial charge in [-0.25, -0.2) is 0 Å². The summed E-state index contributed by atoms with van der Waals surface area (Å²) >= 11 is 0. The van der Waals surface area contributed by atoms with Crippen molar-refractivity contribution in [3.05, 3.63) is 0 Å². The zero-order valence-electron chi connectivity index (χ0n) is 9.63. The fraction of sp³-hybridized carbons (Fsp3) is 0.900. The van der Waals surface area contributed by atoms with Crippen LogP contribution in [0.5, 0.6) is 0 Å². The first kappa shape index (κ1) is 15.6. The summed E-state index contributed by atoms with van der Waals surface area (Å²) in [4.78, 5) is 28.3. The van der Waals surface area contributed by atoms with Crippen molar-refractivity contribution in [3.63, 3.8) is 0 Å². The van der Waals surface area contributed by atoms with E-state index in [1.807, 2.05) is 0 Å². The van der Waals surface area contributed by atoms with Gasteiger partial charge in [-0.15, -0.1) is 0 Å². The Morgan fingerprint density at radius 2 is 1.62 bits per heavy atom. The van der Waals surface area contributed by atoms with Crippen molar-refractivity contribution in [1.82, 2.24) is 0 Å². The molecule has 0 spiro atoms. The van der Waals surface area contributed by atoms with Crippen molar-refractivity contribution in [3.8, 4) is 0 Å². The standard InChI is InChI=1S/C10H21O5P/c1-2-3-4-5-6-7-8-9(10(11)12)16(13,14)15/h9H,2-8H2,1H3,(H,11,12)(H2,13,14,15)/t9-/m1/s1. The van der Waals surface area contributed by atoms with Crippen LogP contribution in [0.2, 0.25) is 0 Å². The summed E-state index contributed by atoms with van der Waals surface area (Å²) in [5.74, 6) is -1.40. The third-order valence-electron chi connectivity index (χ3n) is 2.52. The van der Waals surface area contributed by atoms with Crippen LogP contribution in [0.25, 0.3) is 0 Å². The van der Waals surface area contributed by atoms with Gasteiger partial charge in [-0.1, -0.05) is 45.4 Å². The van der Waals surface area contributed by atoms with Crippen molar-refractivity contribution in [2.75, 3.05) is 0 Å². The largest absolute Gasteiger partial charge is 0.481 e. The number of hydrogen-bond acceptors (Lipinski definition) is 2. The molecule has 0 bridgehead atoms. The smallest absolute Gasteiger partial charge is 0.339 e. The van der Waals surface area contributed by atoms with Crippen LogP contribution in [0.15, 0.2) is 0 Å². The molecule has 0 aromatic rings. The van der Waals surface area contributed by atoms with Crippen LogP contribution < -0.4 is 0 Å². The van der Waals surface area contributed by atoms with Crippen molar-refractivity contribution in [2.24, 2.45) is 0 Å². The van der Waals surface area contributed by atoms with Crippen molar-refractivity contribution in [2.45, 2.75) is 57.5 Å². The lowest BCUT2D eigenvalue weighted by atomic mass is 10.1. The zero-order valence-corrected chi connectivity index (χ0v) is 10.5. The van der Waals surface area contributed by atoms with Gasteiger partial charge in [0.15, 0.2) is 5.66 Å². The second-order valence-corrected chi connectivity index (χ2v) is 5.80. The molecular weight excluding hydrogens is 231 g/mol. The number of carbonyl (C=O) groups is 1. The third-order valence-corrected chi connectivity index (χ3v) is 3.81. The van der Waals surface area contributed by atoms with E-state index in [0.717, 1.165) is 32.1 Å². The molecule has 0 aliphatic heterocycles. The molecule has 0 unspecified atom stereocenters. The molecule has 0 amide bonds. The number of aliphatic carboxylic acids is 1. The van der Waals surface area contributed by atoms with Gasteiger partial charge < -0.3 is 14.9 Å². The number of carboxylic acid groups (broad SMARTS) is 1. The fourth-order valence-electron chi connectivity index (χ4n) is 1.55. The summed E-state index contributed by atoms with van der Waals surface area (Å²) in [7, 11) is -4.49. The maximum absolute atomic E-state index is 10.9. The predicted molar refractivity (Wildman–Crippen MR) is 61.5 cm³/mol. The Bertz CT molecular complexity index is 248. The summed E-state index contributed by atoms with van der Waals surface area (Å²) in [6.45, 7) is 2.11. The van der Waals surface area contributed by atoms with Crippen LogP contribution in [0.4, 0.5) is 0 Å². The maximum atomic E-state index is 10.9. The van der Waals surface area contributed by atoms with E-state index in [2.05, 4.69) is 6.92 Å². The van der Waals surface area contributed by atoms with Crippen LogP contribution in [0, 0.1) is 0 Å². The molecule has 0 aliphatic carbocycles. The normalized spacial score (nSPS) is 13.7. The van der Waals surface area contributed by atoms with E-state index < -0.39 is 19.2 Å². The molecule has 0 fully saturated rings. The summed E-state index contributed by atoms with van der Waals surface area (Å²) < 4.78 is 10.9. The molecule has 6 heteroatoms. The molecule has 96 valence electrons. The first-order chi connectivity index (χ1) is 7.39. The van der Waals surface area contributed by atoms with E-state index >= 15 is 0 Å². The predicted octanol–water partition coefficient (Wildman–Crippen LogP) is 2.37. The Kier molecular flexibility index (Phi) is 7.64. The van der Waals surface area contributed by atoms with Crippen LogP contribution in [-0.4, -0.2) is 26.5 Å². The van der Waals surface area contributed by atoms with Crippen LogP contribution in [0.1, 0.15) is 51.9 Å². The van der Waals surface area contributed by atoms with Gasteiger partial charge in [-0.3, -0.25) is 9.36 Å². The molecule has 3 N–H and O–H groups in total. The van der Waals surface area contributed by atoms with Gasteiger partial charge in [0.05, 0.1) is 0 Å². The van der Waals surface area contributed by atoms with Crippen LogP contribution in [0.3, 0.4) is 0 Å². The Morgan fingerprint density at radius 3 is 2.06 bits per heavy atom. The SMILES string of the molecule is CCCCCCCC[C@H](C(=O)O)P(=O)(O)O. The highest BCUT2D eigenvalue weighted by molar-refractivity contribution is 7.53. The van der Waals surface area contributed by atoms with Gasteiger partial charge in [0.2, 0.25) is 0 Å². The minimum absolute atomic E-state index is 0.0612. The van der Waals surface area contributed by atoms with Gasteiger partial charge >= 0.3 is 13.6 Å². The Balaban J connectivity index is 3.79. The second kappa shape index (κ2) is 7.82. The number of hydrogen-bond donors (Lipinski definition) is 3. The van der Waals surface area contributed by atoms with Gasteiger partial charge in [0.1, 0.15) is 0 Å². The van der Waals surface area contributed by atoms with E-state index in [0.29, 0.717) is 6.42 Å². The Hall–Kier alpha value is -0.380. The third kappa shape index (κ3) is 6.99. The van der Waals surface area contributed by atoms with Crippen molar-refractivity contribution < 1.29 is 24.3 Å². The van der Waals surface area contributed by atoms with Crippen LogP contribution in [-0.2, 0) is 9.36 Å². The molecule has 5 nitrogen and oxygen atoms in total. The van der Waals surface area contributed by atoms with Crippen molar-refractivity contribution >= 4 is 13.6 Å². The lowest BCUT2D eigenvalue weighted by Crippen LogP contribution is -2.20. The summed E-state index contributed by atoms with van der Waals surface area (Å²) in [5, 5.41) is 8.66. The molecule has 0 aliphatic rings. The van der Waals surface area contributed by atoms with E-state index in [-0.39, 0.29) is 6.42 Å². The highest BCUT2D eigenvalue weighted by Gasteiger charge is 2.34. The quantitative estimate of drug-likeness (QED) is 0.432. The molecule has 1 atom stereocenters. The lowest BCUT2D eigenvalue weighted by molar-refractivity contribution is -0.137. The zero-order chi connectivity index (χ0) is 12.6. The number of carboxylic acids is 1. The molecule has 0 saturated carbocycles. The van der Waals surface area contributed by atoms with E-state index in [4.69, 9.17) is 14.9 Å². The topological polar surface area (TPSA) is 94.8 Å². The molecule has 0 aromatic carbocycles. The van der Waals surface area contributed by atoms with Crippen LogP contribution >= 0.6 is 7.60 Å². The van der Waals surface area contributed by atoms with Gasteiger partial charge in [0, 0.05) is 0 Å². The summed E-state index contributed by atoms with van der Waals surface area (Å²) in [5.41, 5.74) is -1.53. The average molecular weight is 252 g/mol. The summed E-state index contributed by atoms with van der Waals surface area (Å²) in [6, 6.07) is 0. The van der Waals surface area contributed by atoms with E-state index in [9.17, 15) is 9.36 Å². The lowest BCUT2D eigenvalue weighted by Gasteiger charge is -2.13.